The van der Waals surface area contributed by atoms with Crippen molar-refractivity contribution in [1.29, 1.82) is 0 Å². The number of sulfonamides is 1. The van der Waals surface area contributed by atoms with Gasteiger partial charge in [-0.15, -0.1) is 0 Å². The van der Waals surface area contributed by atoms with Crippen molar-refractivity contribution in [3.8, 4) is 5.75 Å². The first-order valence-electron chi connectivity index (χ1n) is 9.17. The SMILES string of the molecule is Cc1ccc(S(=O)(=O)N2CCN(Cc3ccc4c(c3)CCO4)CC2)c(Cl)c1. The van der Waals surface area contributed by atoms with Gasteiger partial charge in [0.25, 0.3) is 0 Å². The van der Waals surface area contributed by atoms with E-state index in [-0.39, 0.29) is 9.92 Å². The number of fused-ring (bicyclic) bond motifs is 1. The van der Waals surface area contributed by atoms with Gasteiger partial charge in [0.2, 0.25) is 10.0 Å². The van der Waals surface area contributed by atoms with Gasteiger partial charge in [-0.25, -0.2) is 8.42 Å². The maximum Gasteiger partial charge on any atom is 0.244 e. The molecule has 27 heavy (non-hydrogen) atoms. The van der Waals surface area contributed by atoms with Crippen molar-refractivity contribution in [1.82, 2.24) is 9.21 Å². The maximum absolute atomic E-state index is 12.9. The minimum atomic E-state index is -3.56. The Morgan fingerprint density at radius 1 is 1.07 bits per heavy atom. The smallest absolute Gasteiger partial charge is 0.244 e. The number of halogens is 1. The van der Waals surface area contributed by atoms with Crippen molar-refractivity contribution >= 4 is 21.6 Å². The fourth-order valence-electron chi connectivity index (χ4n) is 3.68. The number of hydrogen-bond acceptors (Lipinski definition) is 4. The van der Waals surface area contributed by atoms with E-state index in [4.69, 9.17) is 16.3 Å². The Labute approximate surface area is 165 Å². The molecule has 4 rings (SSSR count). The second-order valence-corrected chi connectivity index (χ2v) is 9.47. The number of nitrogens with zero attached hydrogens (tertiary/aromatic N) is 2. The van der Waals surface area contributed by atoms with Crippen LogP contribution in [0.5, 0.6) is 5.75 Å². The molecule has 0 N–H and O–H groups in total. The molecule has 0 aromatic heterocycles. The van der Waals surface area contributed by atoms with Crippen LogP contribution in [0.15, 0.2) is 41.3 Å². The van der Waals surface area contributed by atoms with Crippen LogP contribution >= 0.6 is 11.6 Å². The number of benzene rings is 2. The molecule has 144 valence electrons. The van der Waals surface area contributed by atoms with Gasteiger partial charge in [0.1, 0.15) is 10.6 Å². The van der Waals surface area contributed by atoms with Crippen LogP contribution < -0.4 is 4.74 Å². The fraction of sp³-hybridized carbons (Fsp3) is 0.400. The zero-order valence-corrected chi connectivity index (χ0v) is 16.9. The first kappa shape index (κ1) is 18.7. The number of hydrogen-bond donors (Lipinski definition) is 0. The van der Waals surface area contributed by atoms with Crippen LogP contribution in [0, 0.1) is 6.92 Å². The highest BCUT2D eigenvalue weighted by Crippen LogP contribution is 2.28. The maximum atomic E-state index is 12.9. The molecule has 5 nitrogen and oxygen atoms in total. The molecule has 2 aliphatic rings. The first-order chi connectivity index (χ1) is 12.9. The molecule has 2 aromatic rings. The Kier molecular flexibility index (Phi) is 5.16. The van der Waals surface area contributed by atoms with Gasteiger partial charge in [-0.3, -0.25) is 4.90 Å². The predicted octanol–water partition coefficient (Wildman–Crippen LogP) is 3.09. The molecule has 0 unspecified atom stereocenters. The predicted molar refractivity (Wildman–Crippen MR) is 106 cm³/mol. The van der Waals surface area contributed by atoms with Crippen molar-refractivity contribution < 1.29 is 13.2 Å². The summed E-state index contributed by atoms with van der Waals surface area (Å²) in [5.41, 5.74) is 3.46. The molecule has 0 aliphatic carbocycles. The van der Waals surface area contributed by atoms with Crippen LogP contribution in [0.1, 0.15) is 16.7 Å². The van der Waals surface area contributed by atoms with Gasteiger partial charge in [0.15, 0.2) is 0 Å². The Balaban J connectivity index is 1.41. The average Bonchev–Trinajstić information content (AvgIpc) is 3.09. The fourth-order valence-corrected chi connectivity index (χ4v) is 5.67. The monoisotopic (exact) mass is 406 g/mol. The lowest BCUT2D eigenvalue weighted by Gasteiger charge is -2.34. The summed E-state index contributed by atoms with van der Waals surface area (Å²) >= 11 is 6.19. The van der Waals surface area contributed by atoms with Crippen molar-refractivity contribution in [2.75, 3.05) is 32.8 Å². The summed E-state index contributed by atoms with van der Waals surface area (Å²) in [4.78, 5) is 2.49. The molecule has 1 fully saturated rings. The van der Waals surface area contributed by atoms with Crippen LogP contribution in [-0.4, -0.2) is 50.4 Å². The van der Waals surface area contributed by atoms with E-state index in [0.29, 0.717) is 26.2 Å². The highest BCUT2D eigenvalue weighted by atomic mass is 35.5. The quantitative estimate of drug-likeness (QED) is 0.782. The third-order valence-electron chi connectivity index (χ3n) is 5.20. The number of ether oxygens (including phenoxy) is 1. The summed E-state index contributed by atoms with van der Waals surface area (Å²) in [6.45, 7) is 5.84. The minimum absolute atomic E-state index is 0.196. The Morgan fingerprint density at radius 2 is 1.85 bits per heavy atom. The first-order valence-corrected chi connectivity index (χ1v) is 11.0. The Morgan fingerprint density at radius 3 is 2.59 bits per heavy atom. The van der Waals surface area contributed by atoms with Gasteiger partial charge in [0.05, 0.1) is 11.6 Å². The van der Waals surface area contributed by atoms with E-state index in [1.54, 1.807) is 18.2 Å². The second kappa shape index (κ2) is 7.43. The van der Waals surface area contributed by atoms with Crippen LogP contribution in [0.25, 0.3) is 0 Å². The van der Waals surface area contributed by atoms with Crippen LogP contribution in [0.3, 0.4) is 0 Å². The lowest BCUT2D eigenvalue weighted by molar-refractivity contribution is 0.181. The molecule has 0 amide bonds. The number of aryl methyl sites for hydroxylation is 1. The molecule has 7 heteroatoms. The third-order valence-corrected chi connectivity index (χ3v) is 7.58. The van der Waals surface area contributed by atoms with Gasteiger partial charge in [-0.2, -0.15) is 4.31 Å². The molecule has 0 saturated carbocycles. The van der Waals surface area contributed by atoms with E-state index >= 15 is 0 Å². The molecular formula is C20H23ClN2O3S. The van der Waals surface area contributed by atoms with E-state index in [2.05, 4.69) is 17.0 Å². The van der Waals surface area contributed by atoms with E-state index in [0.717, 1.165) is 30.9 Å². The van der Waals surface area contributed by atoms with Crippen molar-refractivity contribution in [2.24, 2.45) is 0 Å². The number of rotatable bonds is 4. The van der Waals surface area contributed by atoms with Crippen LogP contribution in [0.4, 0.5) is 0 Å². The molecule has 0 bridgehead atoms. The highest BCUT2D eigenvalue weighted by molar-refractivity contribution is 7.89. The Hall–Kier alpha value is -1.60. The molecule has 2 aromatic carbocycles. The van der Waals surface area contributed by atoms with Crippen molar-refractivity contribution in [3.63, 3.8) is 0 Å². The van der Waals surface area contributed by atoms with Crippen molar-refractivity contribution in [3.05, 3.63) is 58.1 Å². The summed E-state index contributed by atoms with van der Waals surface area (Å²) in [6.07, 6.45) is 0.965. The van der Waals surface area contributed by atoms with E-state index < -0.39 is 10.0 Å². The summed E-state index contributed by atoms with van der Waals surface area (Å²) < 4.78 is 32.9. The van der Waals surface area contributed by atoms with Crippen LogP contribution in [-0.2, 0) is 23.0 Å². The molecular weight excluding hydrogens is 384 g/mol. The van der Waals surface area contributed by atoms with Gasteiger partial charge in [-0.05, 0) is 41.8 Å². The standard InChI is InChI=1S/C20H23ClN2O3S/c1-15-2-5-20(18(21)12-15)27(24,25)23-9-7-22(8-10-23)14-16-3-4-19-17(13-16)6-11-26-19/h2-5,12-13H,6-11,14H2,1H3. The van der Waals surface area contributed by atoms with E-state index in [1.807, 2.05) is 13.0 Å². The third kappa shape index (κ3) is 3.85. The summed E-state index contributed by atoms with van der Waals surface area (Å²) in [5.74, 6) is 0.990. The summed E-state index contributed by atoms with van der Waals surface area (Å²) in [6, 6.07) is 11.4. The lowest BCUT2D eigenvalue weighted by atomic mass is 10.1. The molecule has 2 aliphatic heterocycles. The second-order valence-electron chi connectivity index (χ2n) is 7.15. The lowest BCUT2D eigenvalue weighted by Crippen LogP contribution is -2.48. The average molecular weight is 407 g/mol. The summed E-state index contributed by atoms with van der Waals surface area (Å²) in [5, 5.41) is 0.290. The van der Waals surface area contributed by atoms with Crippen molar-refractivity contribution in [2.45, 2.75) is 24.8 Å². The molecule has 1 saturated heterocycles. The van der Waals surface area contributed by atoms with Gasteiger partial charge in [-0.1, -0.05) is 29.8 Å². The van der Waals surface area contributed by atoms with Crippen LogP contribution in [0.2, 0.25) is 5.02 Å². The molecule has 0 atom stereocenters. The van der Waals surface area contributed by atoms with Gasteiger partial charge < -0.3 is 4.74 Å². The van der Waals surface area contributed by atoms with Gasteiger partial charge >= 0.3 is 0 Å². The minimum Gasteiger partial charge on any atom is -0.493 e. The zero-order chi connectivity index (χ0) is 19.0. The number of piperazine rings is 1. The molecule has 0 radical (unpaired) electrons. The Bertz CT molecular complexity index is 954. The zero-order valence-electron chi connectivity index (χ0n) is 15.3. The largest absolute Gasteiger partial charge is 0.493 e. The normalized spacial score (nSPS) is 18.3. The van der Waals surface area contributed by atoms with Gasteiger partial charge in [0, 0.05) is 39.1 Å². The van der Waals surface area contributed by atoms with E-state index in [1.165, 1.54) is 15.4 Å². The summed E-state index contributed by atoms with van der Waals surface area (Å²) in [7, 11) is -3.56. The molecule has 0 spiro atoms. The molecule has 2 heterocycles. The van der Waals surface area contributed by atoms with E-state index in [9.17, 15) is 8.42 Å². The highest BCUT2D eigenvalue weighted by Gasteiger charge is 2.30. The topological polar surface area (TPSA) is 49.9 Å².